The summed E-state index contributed by atoms with van der Waals surface area (Å²) in [6, 6.07) is 1.42. The van der Waals surface area contributed by atoms with Crippen molar-refractivity contribution in [2.45, 2.75) is 13.8 Å². The Morgan fingerprint density at radius 2 is 2.21 bits per heavy atom. The molecular weight excluding hydrogens is 178 g/mol. The molecule has 0 saturated carbocycles. The lowest BCUT2D eigenvalue weighted by Gasteiger charge is -2.00. The summed E-state index contributed by atoms with van der Waals surface area (Å²) in [6.07, 6.45) is 3.36. The molecule has 0 aliphatic rings. The molecule has 2 rings (SSSR count). The molecule has 72 valence electrons. The van der Waals surface area contributed by atoms with E-state index in [2.05, 4.69) is 4.98 Å². The lowest BCUT2D eigenvalue weighted by atomic mass is 10.2. The molecule has 0 spiro atoms. The molecule has 0 unspecified atom stereocenters. The Kier molecular flexibility index (Phi) is 1.77. The molecule has 0 atom stereocenters. The normalized spacial score (nSPS) is 10.7. The van der Waals surface area contributed by atoms with Crippen molar-refractivity contribution in [3.05, 3.63) is 29.7 Å². The van der Waals surface area contributed by atoms with E-state index >= 15 is 0 Å². The highest BCUT2D eigenvalue weighted by Gasteiger charge is 2.13. The van der Waals surface area contributed by atoms with E-state index in [1.807, 2.05) is 19.9 Å². The molecule has 0 bridgehead atoms. The third-order valence-electron chi connectivity index (χ3n) is 2.54. The van der Waals surface area contributed by atoms with Crippen molar-refractivity contribution in [1.82, 2.24) is 9.55 Å². The highest BCUT2D eigenvalue weighted by molar-refractivity contribution is 5.94. The van der Waals surface area contributed by atoms with Gasteiger partial charge in [0.2, 0.25) is 0 Å². The van der Waals surface area contributed by atoms with Crippen molar-refractivity contribution in [1.29, 1.82) is 0 Å². The number of primary amides is 1. The Balaban J connectivity index is 2.95. The van der Waals surface area contributed by atoms with Crippen LogP contribution < -0.4 is 5.73 Å². The van der Waals surface area contributed by atoms with Crippen LogP contribution in [0.15, 0.2) is 18.5 Å². The number of amides is 1. The Morgan fingerprint density at radius 1 is 1.50 bits per heavy atom. The largest absolute Gasteiger partial charge is 0.351 e. The second kappa shape index (κ2) is 2.83. The third kappa shape index (κ3) is 1.00. The van der Waals surface area contributed by atoms with E-state index in [-0.39, 0.29) is 0 Å². The minimum absolute atomic E-state index is 0.464. The van der Waals surface area contributed by atoms with E-state index < -0.39 is 6.03 Å². The highest BCUT2D eigenvalue weighted by Crippen LogP contribution is 2.23. The first-order chi connectivity index (χ1) is 6.63. The highest BCUT2D eigenvalue weighted by atomic mass is 16.2. The fourth-order valence-corrected chi connectivity index (χ4v) is 1.71. The van der Waals surface area contributed by atoms with Gasteiger partial charge < -0.3 is 5.73 Å². The number of hydrogen-bond donors (Lipinski definition) is 1. The van der Waals surface area contributed by atoms with Crippen LogP contribution in [-0.4, -0.2) is 15.6 Å². The average Bonchev–Trinajstić information content (AvgIpc) is 2.41. The fraction of sp³-hybridized carbons (Fsp3) is 0.200. The number of hydrogen-bond acceptors (Lipinski definition) is 2. The van der Waals surface area contributed by atoms with Crippen molar-refractivity contribution in [3.8, 4) is 0 Å². The fourth-order valence-electron chi connectivity index (χ4n) is 1.71. The van der Waals surface area contributed by atoms with Crippen LogP contribution in [0.2, 0.25) is 0 Å². The van der Waals surface area contributed by atoms with Crippen LogP contribution in [0.5, 0.6) is 0 Å². The van der Waals surface area contributed by atoms with Crippen molar-refractivity contribution in [2.75, 3.05) is 0 Å². The average molecular weight is 189 g/mol. The van der Waals surface area contributed by atoms with Gasteiger partial charge in [-0.2, -0.15) is 0 Å². The molecule has 0 saturated heterocycles. The number of carbonyl (C=O) groups excluding carboxylic acids is 1. The summed E-state index contributed by atoms with van der Waals surface area (Å²) in [7, 11) is 0. The lowest BCUT2D eigenvalue weighted by Crippen LogP contribution is -2.20. The maximum absolute atomic E-state index is 11.2. The van der Waals surface area contributed by atoms with E-state index in [4.69, 9.17) is 5.73 Å². The van der Waals surface area contributed by atoms with Gasteiger partial charge in [0.05, 0.1) is 11.7 Å². The standard InChI is InChI=1S/C10H11N3O/c1-6-7(2)13(10(11)14)9-5-12-4-3-8(6)9/h3-5H,1-2H3,(H2,11,14). The predicted molar refractivity (Wildman–Crippen MR) is 54.2 cm³/mol. The number of fused-ring (bicyclic) bond motifs is 1. The molecule has 0 aliphatic heterocycles. The van der Waals surface area contributed by atoms with Gasteiger partial charge in [-0.15, -0.1) is 0 Å². The van der Waals surface area contributed by atoms with E-state index in [1.54, 1.807) is 12.4 Å². The Bertz CT molecular complexity index is 513. The number of nitrogens with zero attached hydrogens (tertiary/aromatic N) is 2. The molecule has 1 amide bonds. The van der Waals surface area contributed by atoms with E-state index in [9.17, 15) is 4.79 Å². The van der Waals surface area contributed by atoms with Crippen molar-refractivity contribution >= 4 is 16.9 Å². The van der Waals surface area contributed by atoms with Gasteiger partial charge in [0.1, 0.15) is 0 Å². The molecule has 0 radical (unpaired) electrons. The zero-order valence-electron chi connectivity index (χ0n) is 8.11. The number of rotatable bonds is 0. The second-order valence-corrected chi connectivity index (χ2v) is 3.28. The molecule has 0 aromatic carbocycles. The number of aromatic nitrogens is 2. The number of pyridine rings is 1. The molecule has 4 heteroatoms. The maximum atomic E-state index is 11.2. The Labute approximate surface area is 81.3 Å². The van der Waals surface area contributed by atoms with Crippen LogP contribution in [0.3, 0.4) is 0 Å². The molecule has 2 N–H and O–H groups in total. The van der Waals surface area contributed by atoms with Gasteiger partial charge in [0.25, 0.3) is 0 Å². The summed E-state index contributed by atoms with van der Waals surface area (Å²) >= 11 is 0. The first-order valence-corrected chi connectivity index (χ1v) is 4.34. The van der Waals surface area contributed by atoms with Gasteiger partial charge in [-0.1, -0.05) is 0 Å². The number of aryl methyl sites for hydroxylation is 1. The van der Waals surface area contributed by atoms with E-state index in [1.165, 1.54) is 4.57 Å². The molecule has 2 aromatic rings. The minimum atomic E-state index is -0.464. The van der Waals surface area contributed by atoms with Gasteiger partial charge in [0.15, 0.2) is 0 Å². The summed E-state index contributed by atoms with van der Waals surface area (Å²) in [6.45, 7) is 3.84. The van der Waals surface area contributed by atoms with Gasteiger partial charge in [-0.3, -0.25) is 9.55 Å². The SMILES string of the molecule is Cc1c(C)n(C(N)=O)c2cnccc12. The summed E-state index contributed by atoms with van der Waals surface area (Å²) in [5.74, 6) is 0. The first-order valence-electron chi connectivity index (χ1n) is 4.34. The predicted octanol–water partition coefficient (Wildman–Crippen LogP) is 1.58. The first kappa shape index (κ1) is 8.74. The molecular formula is C10H11N3O. The van der Waals surface area contributed by atoms with Gasteiger partial charge in [0, 0.05) is 17.3 Å². The zero-order chi connectivity index (χ0) is 10.3. The topological polar surface area (TPSA) is 60.9 Å². The summed E-state index contributed by atoms with van der Waals surface area (Å²) in [4.78, 5) is 15.2. The van der Waals surface area contributed by atoms with Gasteiger partial charge in [-0.05, 0) is 25.5 Å². The maximum Gasteiger partial charge on any atom is 0.323 e. The molecule has 0 aliphatic carbocycles. The molecule has 0 fully saturated rings. The van der Waals surface area contributed by atoms with Gasteiger partial charge in [-0.25, -0.2) is 4.79 Å². The van der Waals surface area contributed by atoms with E-state index in [0.717, 1.165) is 22.2 Å². The summed E-state index contributed by atoms with van der Waals surface area (Å²) in [5.41, 5.74) is 8.01. The van der Waals surface area contributed by atoms with Gasteiger partial charge >= 0.3 is 6.03 Å². The molecule has 4 nitrogen and oxygen atoms in total. The van der Waals surface area contributed by atoms with Crippen LogP contribution >= 0.6 is 0 Å². The van der Waals surface area contributed by atoms with Crippen LogP contribution in [0.4, 0.5) is 4.79 Å². The van der Waals surface area contributed by atoms with Crippen molar-refractivity contribution < 1.29 is 4.79 Å². The van der Waals surface area contributed by atoms with Crippen LogP contribution in [0, 0.1) is 13.8 Å². The molecule has 2 heterocycles. The lowest BCUT2D eigenvalue weighted by molar-refractivity contribution is 0.251. The second-order valence-electron chi connectivity index (χ2n) is 3.28. The molecule has 14 heavy (non-hydrogen) atoms. The Morgan fingerprint density at radius 3 is 2.86 bits per heavy atom. The van der Waals surface area contributed by atoms with Crippen LogP contribution in [-0.2, 0) is 0 Å². The van der Waals surface area contributed by atoms with Crippen LogP contribution in [0.1, 0.15) is 11.3 Å². The van der Waals surface area contributed by atoms with Crippen molar-refractivity contribution in [3.63, 3.8) is 0 Å². The quantitative estimate of drug-likeness (QED) is 0.683. The van der Waals surface area contributed by atoms with E-state index in [0.29, 0.717) is 0 Å². The minimum Gasteiger partial charge on any atom is -0.351 e. The summed E-state index contributed by atoms with van der Waals surface area (Å²) < 4.78 is 1.48. The third-order valence-corrected chi connectivity index (χ3v) is 2.54. The monoisotopic (exact) mass is 189 g/mol. The summed E-state index contributed by atoms with van der Waals surface area (Å²) in [5, 5.41) is 1.02. The van der Waals surface area contributed by atoms with Crippen LogP contribution in [0.25, 0.3) is 10.9 Å². The number of nitrogens with two attached hydrogens (primary N) is 1. The number of carbonyl (C=O) groups is 1. The molecule has 2 aromatic heterocycles. The zero-order valence-corrected chi connectivity index (χ0v) is 8.11. The Hall–Kier alpha value is -1.84. The van der Waals surface area contributed by atoms with Crippen molar-refractivity contribution in [2.24, 2.45) is 5.73 Å². The smallest absolute Gasteiger partial charge is 0.323 e.